The number of thioether (sulfide) groups is 1. The molecule has 0 aromatic rings. The molecule has 0 aliphatic heterocycles. The highest BCUT2D eigenvalue weighted by Gasteiger charge is 2.14. The first-order valence-electron chi connectivity index (χ1n) is 4.17. The molecule has 78 valence electrons. The molecule has 3 nitrogen and oxygen atoms in total. The minimum atomic E-state index is -0.224. The van der Waals surface area contributed by atoms with E-state index in [0.717, 1.165) is 12.2 Å². The molecule has 0 amide bonds. The molecule has 0 aliphatic rings. The maximum Gasteiger partial charge on any atom is 0.320 e. The fourth-order valence-corrected chi connectivity index (χ4v) is 2.40. The monoisotopic (exact) mass is 269 g/mol. The number of methoxy groups -OCH3 is 1. The molecule has 0 saturated carbocycles. The third kappa shape index (κ3) is 6.35. The summed E-state index contributed by atoms with van der Waals surface area (Å²) in [7, 11) is 1.39. The van der Waals surface area contributed by atoms with Crippen molar-refractivity contribution in [3.63, 3.8) is 0 Å². The zero-order chi connectivity index (χ0) is 10.3. The van der Waals surface area contributed by atoms with Gasteiger partial charge in [0.05, 0.1) is 7.11 Å². The molecule has 0 aliphatic carbocycles. The van der Waals surface area contributed by atoms with E-state index in [9.17, 15) is 4.79 Å². The molecule has 0 saturated heterocycles. The summed E-state index contributed by atoms with van der Waals surface area (Å²) in [6, 6.07) is 0.224. The quantitative estimate of drug-likeness (QED) is 0.585. The van der Waals surface area contributed by atoms with Crippen LogP contribution in [-0.2, 0) is 9.53 Å². The summed E-state index contributed by atoms with van der Waals surface area (Å²) in [6.45, 7) is 2.05. The van der Waals surface area contributed by atoms with Gasteiger partial charge < -0.3 is 10.5 Å². The lowest BCUT2D eigenvalue weighted by Crippen LogP contribution is -2.24. The number of ether oxygens (including phenoxy) is 1. The van der Waals surface area contributed by atoms with Crippen molar-refractivity contribution in [2.75, 3.05) is 18.6 Å². The fourth-order valence-electron chi connectivity index (χ4n) is 0.637. The Bertz CT molecular complexity index is 157. The Balaban J connectivity index is 3.47. The van der Waals surface area contributed by atoms with Crippen molar-refractivity contribution in [2.24, 2.45) is 5.73 Å². The molecule has 0 rings (SSSR count). The van der Waals surface area contributed by atoms with Crippen molar-refractivity contribution in [3.8, 4) is 0 Å². The maximum atomic E-state index is 10.9. The molecular formula is C8H16BrNO2S. The second-order valence-electron chi connectivity index (χ2n) is 2.70. The summed E-state index contributed by atoms with van der Waals surface area (Å²) in [5.41, 5.74) is 5.72. The van der Waals surface area contributed by atoms with Crippen LogP contribution in [0.3, 0.4) is 0 Å². The number of alkyl halides is 1. The lowest BCUT2D eigenvalue weighted by molar-refractivity contribution is -0.139. The zero-order valence-electron chi connectivity index (χ0n) is 7.96. The molecule has 13 heavy (non-hydrogen) atoms. The first-order chi connectivity index (χ1) is 6.11. The van der Waals surface area contributed by atoms with Crippen LogP contribution < -0.4 is 5.73 Å². The number of carbonyl (C=O) groups excluding carboxylic acids is 1. The van der Waals surface area contributed by atoms with E-state index >= 15 is 0 Å². The average molecular weight is 270 g/mol. The molecule has 0 fully saturated rings. The zero-order valence-corrected chi connectivity index (χ0v) is 10.4. The number of hydrogen-bond acceptors (Lipinski definition) is 4. The first kappa shape index (κ1) is 13.3. The Morgan fingerprint density at radius 1 is 1.62 bits per heavy atom. The van der Waals surface area contributed by atoms with E-state index in [1.165, 1.54) is 7.11 Å². The molecule has 0 radical (unpaired) electrons. The van der Waals surface area contributed by atoms with E-state index in [1.807, 2.05) is 0 Å². The van der Waals surface area contributed by atoms with Crippen LogP contribution in [0.25, 0.3) is 0 Å². The molecule has 0 aromatic heterocycles. The Labute approximate surface area is 91.9 Å². The van der Waals surface area contributed by atoms with Gasteiger partial charge >= 0.3 is 5.97 Å². The predicted octanol–water partition coefficient (Wildman–Crippen LogP) is 1.39. The topological polar surface area (TPSA) is 52.3 Å². The van der Waals surface area contributed by atoms with Crippen LogP contribution in [0.5, 0.6) is 0 Å². The van der Waals surface area contributed by atoms with Gasteiger partial charge in [-0.05, 0) is 6.42 Å². The summed E-state index contributed by atoms with van der Waals surface area (Å²) < 4.78 is 4.57. The van der Waals surface area contributed by atoms with E-state index in [4.69, 9.17) is 5.73 Å². The number of carbonyl (C=O) groups is 1. The van der Waals surface area contributed by atoms with Crippen LogP contribution in [0, 0.1) is 0 Å². The highest BCUT2D eigenvalue weighted by atomic mass is 79.9. The number of nitrogens with two attached hydrogens (primary N) is 1. The van der Waals surface area contributed by atoms with Crippen molar-refractivity contribution in [3.05, 3.63) is 0 Å². The summed E-state index contributed by atoms with van der Waals surface area (Å²) in [4.78, 5) is 10.7. The van der Waals surface area contributed by atoms with E-state index in [-0.39, 0.29) is 16.8 Å². The van der Waals surface area contributed by atoms with Crippen molar-refractivity contribution < 1.29 is 9.53 Å². The van der Waals surface area contributed by atoms with Crippen molar-refractivity contribution in [2.45, 2.75) is 24.2 Å². The molecule has 2 N–H and O–H groups in total. The predicted molar refractivity (Wildman–Crippen MR) is 60.3 cm³/mol. The highest BCUT2D eigenvalue weighted by Crippen LogP contribution is 2.12. The minimum Gasteiger partial charge on any atom is -0.468 e. The van der Waals surface area contributed by atoms with Gasteiger partial charge in [0.1, 0.15) is 4.83 Å². The Morgan fingerprint density at radius 3 is 2.69 bits per heavy atom. The standard InChI is InChI=1S/C8H16BrNO2S/c1-3-6(10)4-13-5-7(9)8(11)12-2/h6-7H,3-5,10H2,1-2H3. The lowest BCUT2D eigenvalue weighted by Gasteiger charge is -2.10. The number of halogens is 1. The van der Waals surface area contributed by atoms with Gasteiger partial charge in [0.2, 0.25) is 0 Å². The summed E-state index contributed by atoms with van der Waals surface area (Å²) in [5.74, 6) is 1.37. The van der Waals surface area contributed by atoms with Gasteiger partial charge in [-0.15, -0.1) is 0 Å². The van der Waals surface area contributed by atoms with Gasteiger partial charge in [-0.2, -0.15) is 11.8 Å². The molecule has 0 spiro atoms. The average Bonchev–Trinajstić information content (AvgIpc) is 2.15. The second kappa shape index (κ2) is 7.64. The third-order valence-corrected chi connectivity index (χ3v) is 3.94. The Hall–Kier alpha value is 0.260. The van der Waals surface area contributed by atoms with Crippen molar-refractivity contribution in [1.29, 1.82) is 0 Å². The van der Waals surface area contributed by atoms with Crippen LogP contribution in [0.4, 0.5) is 0 Å². The van der Waals surface area contributed by atoms with Crippen LogP contribution in [0.15, 0.2) is 0 Å². The largest absolute Gasteiger partial charge is 0.468 e. The van der Waals surface area contributed by atoms with Crippen molar-refractivity contribution >= 4 is 33.7 Å². The van der Waals surface area contributed by atoms with Gasteiger partial charge in [-0.3, -0.25) is 4.79 Å². The Kier molecular flexibility index (Phi) is 7.80. The van der Waals surface area contributed by atoms with Gasteiger partial charge in [0.25, 0.3) is 0 Å². The highest BCUT2D eigenvalue weighted by molar-refractivity contribution is 9.10. The number of esters is 1. The summed E-state index contributed by atoms with van der Waals surface area (Å²) in [6.07, 6.45) is 0.970. The summed E-state index contributed by atoms with van der Waals surface area (Å²) >= 11 is 4.90. The third-order valence-electron chi connectivity index (χ3n) is 1.58. The lowest BCUT2D eigenvalue weighted by atomic mass is 10.3. The van der Waals surface area contributed by atoms with Crippen LogP contribution in [-0.4, -0.2) is 35.5 Å². The van der Waals surface area contributed by atoms with E-state index in [0.29, 0.717) is 5.75 Å². The molecule has 0 heterocycles. The number of hydrogen-bond donors (Lipinski definition) is 1. The molecule has 5 heteroatoms. The molecule has 2 unspecified atom stereocenters. The molecule has 2 atom stereocenters. The van der Waals surface area contributed by atoms with Crippen molar-refractivity contribution in [1.82, 2.24) is 0 Å². The van der Waals surface area contributed by atoms with Gasteiger partial charge in [0.15, 0.2) is 0 Å². The van der Waals surface area contributed by atoms with Crippen LogP contribution in [0.2, 0.25) is 0 Å². The normalized spacial score (nSPS) is 15.1. The maximum absolute atomic E-state index is 10.9. The molecular weight excluding hydrogens is 254 g/mol. The van der Waals surface area contributed by atoms with E-state index in [1.54, 1.807) is 11.8 Å². The SMILES string of the molecule is CCC(N)CSCC(Br)C(=O)OC. The second-order valence-corrected chi connectivity index (χ2v) is 4.88. The number of rotatable bonds is 6. The van der Waals surface area contributed by atoms with Gasteiger partial charge in [-0.25, -0.2) is 0 Å². The Morgan fingerprint density at radius 2 is 2.23 bits per heavy atom. The summed E-state index contributed by atoms with van der Waals surface area (Å²) in [5, 5.41) is 0. The van der Waals surface area contributed by atoms with E-state index in [2.05, 4.69) is 27.6 Å². The van der Waals surface area contributed by atoms with Gasteiger partial charge in [0, 0.05) is 17.5 Å². The molecule has 0 aromatic carbocycles. The fraction of sp³-hybridized carbons (Fsp3) is 0.875. The van der Waals surface area contributed by atoms with Gasteiger partial charge in [-0.1, -0.05) is 22.9 Å². The van der Waals surface area contributed by atoms with E-state index < -0.39 is 0 Å². The molecule has 0 bridgehead atoms. The minimum absolute atomic E-state index is 0.216. The van der Waals surface area contributed by atoms with Crippen LogP contribution >= 0.6 is 27.7 Å². The first-order valence-corrected chi connectivity index (χ1v) is 6.24. The smallest absolute Gasteiger partial charge is 0.320 e. The van der Waals surface area contributed by atoms with Crippen LogP contribution in [0.1, 0.15) is 13.3 Å².